The summed E-state index contributed by atoms with van der Waals surface area (Å²) in [6.45, 7) is 2.04. The number of piperidine rings is 1. The predicted molar refractivity (Wildman–Crippen MR) is 118 cm³/mol. The lowest BCUT2D eigenvalue weighted by molar-refractivity contribution is -0.141. The van der Waals surface area contributed by atoms with Gasteiger partial charge in [-0.25, -0.2) is 15.0 Å². The quantitative estimate of drug-likeness (QED) is 0.698. The number of nitrogens with zero attached hydrogens (tertiary/aromatic N) is 5. The molecule has 0 unspecified atom stereocenters. The third kappa shape index (κ3) is 3.76. The number of H-pyrrole nitrogens is 1. The van der Waals surface area contributed by atoms with Crippen molar-refractivity contribution < 1.29 is 9.53 Å². The molecule has 2 aliphatic heterocycles. The number of hydrogen-bond donors (Lipinski definition) is 1. The zero-order chi connectivity index (χ0) is 21.4. The van der Waals surface area contributed by atoms with Gasteiger partial charge in [0, 0.05) is 46.2 Å². The number of benzene rings is 1. The smallest absolute Gasteiger partial charge is 0.225 e. The van der Waals surface area contributed by atoms with E-state index in [1.54, 1.807) is 0 Å². The molecule has 0 atom stereocenters. The summed E-state index contributed by atoms with van der Waals surface area (Å²) in [5.74, 6) is 1.73. The van der Waals surface area contributed by atoms with Crippen molar-refractivity contribution in [2.24, 2.45) is 0 Å². The molecule has 0 saturated carbocycles. The monoisotopic (exact) mass is 420 g/mol. The van der Waals surface area contributed by atoms with Gasteiger partial charge in [0.15, 0.2) is 0 Å². The number of hydrogen-bond acceptors (Lipinski definition) is 6. The number of anilines is 1. The number of carbonyl (C=O) groups is 1. The number of imidazole rings is 1. The number of nitrogens with one attached hydrogen (secondary N) is 1. The molecule has 0 bridgehead atoms. The van der Waals surface area contributed by atoms with Crippen molar-refractivity contribution in [1.82, 2.24) is 24.8 Å². The maximum Gasteiger partial charge on any atom is 0.225 e. The standard InChI is InChI=1S/C23H28N6O2/c1-28(2)22-24-15-16-9-14-31-23(21(16)27-22)10-12-29(13-11-23)20(30)8-7-19-25-17-5-3-4-6-18(17)26-19/h3-6,15H,7-14H2,1-2H3,(H,25,26). The third-order valence-electron chi connectivity index (χ3n) is 6.37. The van der Waals surface area contributed by atoms with Gasteiger partial charge >= 0.3 is 0 Å². The molecule has 5 rings (SSSR count). The second kappa shape index (κ2) is 7.92. The molecule has 0 aliphatic carbocycles. The Labute approximate surface area is 181 Å². The first-order valence-electron chi connectivity index (χ1n) is 10.9. The summed E-state index contributed by atoms with van der Waals surface area (Å²) >= 11 is 0. The van der Waals surface area contributed by atoms with Crippen LogP contribution in [-0.4, -0.2) is 64.5 Å². The maximum atomic E-state index is 12.9. The number of carbonyl (C=O) groups excluding carboxylic acids is 1. The fourth-order valence-corrected chi connectivity index (χ4v) is 4.62. The van der Waals surface area contributed by atoms with E-state index in [0.717, 1.165) is 41.8 Å². The lowest BCUT2D eigenvalue weighted by Crippen LogP contribution is -2.49. The normalized spacial score (nSPS) is 17.7. The number of likely N-dealkylation sites (tertiary alicyclic amines) is 1. The summed E-state index contributed by atoms with van der Waals surface area (Å²) < 4.78 is 6.30. The Morgan fingerprint density at radius 1 is 1.23 bits per heavy atom. The zero-order valence-electron chi connectivity index (χ0n) is 18.1. The summed E-state index contributed by atoms with van der Waals surface area (Å²) in [4.78, 5) is 33.9. The minimum absolute atomic E-state index is 0.169. The molecule has 1 N–H and O–H groups in total. The average Bonchev–Trinajstić information content (AvgIpc) is 3.21. The highest BCUT2D eigenvalue weighted by Crippen LogP contribution is 2.40. The molecule has 8 heteroatoms. The van der Waals surface area contributed by atoms with Crippen LogP contribution in [0.2, 0.25) is 0 Å². The van der Waals surface area contributed by atoms with Crippen LogP contribution >= 0.6 is 0 Å². The Bertz CT molecular complexity index is 1070. The maximum absolute atomic E-state index is 12.9. The summed E-state index contributed by atoms with van der Waals surface area (Å²) in [6.07, 6.45) is 5.38. The first-order chi connectivity index (χ1) is 15.0. The summed E-state index contributed by atoms with van der Waals surface area (Å²) in [5.41, 5.74) is 3.72. The molecule has 8 nitrogen and oxygen atoms in total. The number of aryl methyl sites for hydroxylation is 1. The number of rotatable bonds is 4. The molecule has 4 heterocycles. The highest BCUT2D eigenvalue weighted by molar-refractivity contribution is 5.77. The van der Waals surface area contributed by atoms with Crippen molar-refractivity contribution in [3.63, 3.8) is 0 Å². The summed E-state index contributed by atoms with van der Waals surface area (Å²) in [5, 5.41) is 0. The highest BCUT2D eigenvalue weighted by atomic mass is 16.5. The molecule has 162 valence electrons. The molecular weight excluding hydrogens is 392 g/mol. The van der Waals surface area contributed by atoms with Crippen LogP contribution in [0, 0.1) is 0 Å². The summed E-state index contributed by atoms with van der Waals surface area (Å²) in [6, 6.07) is 7.94. The van der Waals surface area contributed by atoms with E-state index in [1.165, 1.54) is 5.56 Å². The van der Waals surface area contributed by atoms with E-state index < -0.39 is 5.60 Å². The molecule has 1 saturated heterocycles. The molecule has 1 fully saturated rings. The van der Waals surface area contributed by atoms with Gasteiger partial charge in [-0.2, -0.15) is 0 Å². The molecule has 2 aromatic heterocycles. The Kier molecular flexibility index (Phi) is 5.09. The Hall–Kier alpha value is -3.00. The Morgan fingerprint density at radius 2 is 2.03 bits per heavy atom. The van der Waals surface area contributed by atoms with Gasteiger partial charge in [0.2, 0.25) is 11.9 Å². The van der Waals surface area contributed by atoms with Gasteiger partial charge in [0.25, 0.3) is 0 Å². The SMILES string of the molecule is CN(C)c1ncc2c(n1)C1(CCN(C(=O)CCc3nc4ccccc4[nH]3)CC1)OCC2. The van der Waals surface area contributed by atoms with E-state index in [9.17, 15) is 4.79 Å². The van der Waals surface area contributed by atoms with Gasteiger partial charge in [-0.1, -0.05) is 12.1 Å². The molecular formula is C23H28N6O2. The number of amides is 1. The van der Waals surface area contributed by atoms with Crippen LogP contribution < -0.4 is 4.90 Å². The first kappa shape index (κ1) is 19.9. The van der Waals surface area contributed by atoms with Crippen LogP contribution in [0.4, 0.5) is 5.95 Å². The van der Waals surface area contributed by atoms with Crippen LogP contribution in [0.5, 0.6) is 0 Å². The van der Waals surface area contributed by atoms with E-state index >= 15 is 0 Å². The molecule has 2 aliphatic rings. The molecule has 1 spiro atoms. The fourth-order valence-electron chi connectivity index (χ4n) is 4.62. The number of ether oxygens (including phenoxy) is 1. The van der Waals surface area contributed by atoms with Crippen molar-refractivity contribution >= 4 is 22.9 Å². The van der Waals surface area contributed by atoms with Gasteiger partial charge in [0.05, 0.1) is 23.3 Å². The Morgan fingerprint density at radius 3 is 2.81 bits per heavy atom. The van der Waals surface area contributed by atoms with E-state index in [4.69, 9.17) is 9.72 Å². The second-order valence-corrected chi connectivity index (χ2v) is 8.61. The highest BCUT2D eigenvalue weighted by Gasteiger charge is 2.43. The average molecular weight is 421 g/mol. The molecule has 1 aromatic carbocycles. The van der Waals surface area contributed by atoms with Crippen LogP contribution in [0.3, 0.4) is 0 Å². The minimum Gasteiger partial charge on any atom is -0.368 e. The number of aromatic amines is 1. The Balaban J connectivity index is 1.24. The van der Waals surface area contributed by atoms with Crippen LogP contribution in [0.25, 0.3) is 11.0 Å². The predicted octanol–water partition coefficient (Wildman–Crippen LogP) is 2.44. The first-order valence-corrected chi connectivity index (χ1v) is 10.9. The van der Waals surface area contributed by atoms with Gasteiger partial charge in [-0.15, -0.1) is 0 Å². The van der Waals surface area contributed by atoms with Crippen molar-refractivity contribution in [2.75, 3.05) is 38.7 Å². The lowest BCUT2D eigenvalue weighted by Gasteiger charge is -2.44. The van der Waals surface area contributed by atoms with Gasteiger partial charge in [-0.3, -0.25) is 4.79 Å². The molecule has 3 aromatic rings. The van der Waals surface area contributed by atoms with Crippen LogP contribution in [-0.2, 0) is 28.0 Å². The van der Waals surface area contributed by atoms with Crippen molar-refractivity contribution in [3.8, 4) is 0 Å². The fraction of sp³-hybridized carbons (Fsp3) is 0.478. The van der Waals surface area contributed by atoms with Gasteiger partial charge in [0.1, 0.15) is 11.4 Å². The largest absolute Gasteiger partial charge is 0.368 e. The van der Waals surface area contributed by atoms with Crippen molar-refractivity contribution in [2.45, 2.75) is 37.7 Å². The van der Waals surface area contributed by atoms with E-state index in [0.29, 0.717) is 38.5 Å². The number of para-hydroxylation sites is 2. The second-order valence-electron chi connectivity index (χ2n) is 8.61. The number of fused-ring (bicyclic) bond motifs is 3. The van der Waals surface area contributed by atoms with E-state index in [-0.39, 0.29) is 5.91 Å². The lowest BCUT2D eigenvalue weighted by atomic mass is 9.83. The van der Waals surface area contributed by atoms with Crippen molar-refractivity contribution in [3.05, 3.63) is 47.5 Å². The van der Waals surface area contributed by atoms with Crippen LogP contribution in [0.1, 0.15) is 36.3 Å². The third-order valence-corrected chi connectivity index (χ3v) is 6.37. The molecule has 1 amide bonds. The van der Waals surface area contributed by atoms with E-state index in [1.807, 2.05) is 54.4 Å². The summed E-state index contributed by atoms with van der Waals surface area (Å²) in [7, 11) is 3.89. The number of aromatic nitrogens is 4. The topological polar surface area (TPSA) is 87.2 Å². The van der Waals surface area contributed by atoms with Crippen LogP contribution in [0.15, 0.2) is 30.5 Å². The van der Waals surface area contributed by atoms with Gasteiger partial charge in [-0.05, 0) is 37.0 Å². The zero-order valence-corrected chi connectivity index (χ0v) is 18.1. The molecule has 0 radical (unpaired) electrons. The minimum atomic E-state index is -0.406. The van der Waals surface area contributed by atoms with Crippen molar-refractivity contribution in [1.29, 1.82) is 0 Å². The van der Waals surface area contributed by atoms with E-state index in [2.05, 4.69) is 15.0 Å². The molecule has 31 heavy (non-hydrogen) atoms. The van der Waals surface area contributed by atoms with Gasteiger partial charge < -0.3 is 19.5 Å².